The van der Waals surface area contributed by atoms with Gasteiger partial charge in [-0.25, -0.2) is 9.79 Å². The highest BCUT2D eigenvalue weighted by atomic mass is 16.5. The molecule has 9 nitrogen and oxygen atoms in total. The van der Waals surface area contributed by atoms with Crippen molar-refractivity contribution in [2.24, 2.45) is 10.9 Å². The number of benzene rings is 1. The van der Waals surface area contributed by atoms with Crippen molar-refractivity contribution in [1.29, 1.82) is 5.26 Å². The molecule has 0 spiro atoms. The quantitative estimate of drug-likeness (QED) is 0.515. The van der Waals surface area contributed by atoms with E-state index in [9.17, 15) is 9.90 Å². The maximum absolute atomic E-state index is 12.2. The number of nitrogens with one attached hydrogen (secondary N) is 2. The van der Waals surface area contributed by atoms with Gasteiger partial charge in [0.15, 0.2) is 0 Å². The second kappa shape index (κ2) is 13.0. The van der Waals surface area contributed by atoms with E-state index in [-0.39, 0.29) is 6.03 Å². The van der Waals surface area contributed by atoms with Gasteiger partial charge in [-0.1, -0.05) is 18.2 Å². The highest BCUT2D eigenvalue weighted by Crippen LogP contribution is 2.25. The molecule has 0 radical (unpaired) electrons. The second-order valence-corrected chi connectivity index (χ2v) is 8.39. The number of urea groups is 1. The van der Waals surface area contributed by atoms with Crippen LogP contribution in [0.15, 0.2) is 29.3 Å². The van der Waals surface area contributed by atoms with Gasteiger partial charge in [-0.2, -0.15) is 5.26 Å². The Labute approximate surface area is 190 Å². The largest absolute Gasteiger partial charge is 0.427 e. The molecule has 0 saturated carbocycles. The number of fused-ring (bicyclic) bond motifs is 1. The minimum atomic E-state index is -0.641. The fourth-order valence-corrected chi connectivity index (χ4v) is 3.82. The molecule has 1 atom stereocenters. The van der Waals surface area contributed by atoms with Gasteiger partial charge in [0.1, 0.15) is 12.4 Å². The molecule has 1 aromatic carbocycles. The fourth-order valence-electron chi connectivity index (χ4n) is 3.82. The number of nitriles is 1. The number of amides is 2. The van der Waals surface area contributed by atoms with Crippen LogP contribution in [0.3, 0.4) is 0 Å². The maximum Gasteiger partial charge on any atom is 0.322 e. The summed E-state index contributed by atoms with van der Waals surface area (Å²) in [5, 5.41) is 31.1. The van der Waals surface area contributed by atoms with Crippen LogP contribution in [0.5, 0.6) is 0 Å². The van der Waals surface area contributed by atoms with Crippen LogP contribution >= 0.6 is 0 Å². The standard InChI is InChI=1S/C15H19N3O2.C7H12N2O.CH4O/c1-15(20)6-8-18(9-7-15)14(19)17-13-10-11-4-2-3-5-12(11)16-13;8-6-10-5-7-2-1-3-9-4-7;1-2/h2-5,20H,6-10H2,1H3,(H,16,17,19);7,9H,1-5H2;2H,1H3. The lowest BCUT2D eigenvalue weighted by Gasteiger charge is -2.35. The Bertz CT molecular complexity index is 790. The van der Waals surface area contributed by atoms with Crippen molar-refractivity contribution >= 4 is 17.6 Å². The third-order valence-corrected chi connectivity index (χ3v) is 5.77. The van der Waals surface area contributed by atoms with Crippen molar-refractivity contribution in [2.75, 3.05) is 39.9 Å². The third kappa shape index (κ3) is 8.11. The normalized spacial score (nSPS) is 20.8. The summed E-state index contributed by atoms with van der Waals surface area (Å²) in [6.07, 6.45) is 5.99. The van der Waals surface area contributed by atoms with Crippen molar-refractivity contribution in [3.05, 3.63) is 29.8 Å². The van der Waals surface area contributed by atoms with E-state index in [4.69, 9.17) is 10.4 Å². The highest BCUT2D eigenvalue weighted by molar-refractivity contribution is 6.02. The Kier molecular flexibility index (Phi) is 10.4. The number of ether oxygens (including phenoxy) is 1. The zero-order valence-electron chi connectivity index (χ0n) is 19.0. The van der Waals surface area contributed by atoms with E-state index in [0.29, 0.717) is 50.7 Å². The Morgan fingerprint density at radius 1 is 1.38 bits per heavy atom. The molecule has 0 aliphatic carbocycles. The first-order valence-corrected chi connectivity index (χ1v) is 11.1. The maximum atomic E-state index is 12.2. The summed E-state index contributed by atoms with van der Waals surface area (Å²) in [7, 11) is 1.00. The number of para-hydroxylation sites is 1. The van der Waals surface area contributed by atoms with E-state index in [0.717, 1.165) is 31.5 Å². The predicted octanol–water partition coefficient (Wildman–Crippen LogP) is 1.92. The molecule has 2 fully saturated rings. The van der Waals surface area contributed by atoms with Gasteiger partial charge in [0.25, 0.3) is 6.26 Å². The van der Waals surface area contributed by atoms with Crippen molar-refractivity contribution in [3.63, 3.8) is 0 Å². The number of likely N-dealkylation sites (tertiary alicyclic amines) is 1. The summed E-state index contributed by atoms with van der Waals surface area (Å²) in [6, 6.07) is 7.78. The summed E-state index contributed by atoms with van der Waals surface area (Å²) in [4.78, 5) is 18.3. The van der Waals surface area contributed by atoms with Crippen LogP contribution in [0.25, 0.3) is 0 Å². The topological polar surface area (TPSA) is 130 Å². The van der Waals surface area contributed by atoms with Crippen molar-refractivity contribution in [2.45, 2.75) is 44.6 Å². The van der Waals surface area contributed by atoms with E-state index in [1.807, 2.05) is 31.2 Å². The first-order chi connectivity index (χ1) is 15.5. The predicted molar refractivity (Wildman–Crippen MR) is 123 cm³/mol. The fraction of sp³-hybridized carbons (Fsp3) is 0.609. The van der Waals surface area contributed by atoms with Crippen LogP contribution in [-0.4, -0.2) is 72.5 Å². The molecular formula is C23H35N5O4. The van der Waals surface area contributed by atoms with Gasteiger partial charge in [-0.3, -0.25) is 5.32 Å². The molecule has 2 amide bonds. The van der Waals surface area contributed by atoms with Gasteiger partial charge in [0.2, 0.25) is 0 Å². The van der Waals surface area contributed by atoms with Crippen molar-refractivity contribution in [3.8, 4) is 6.26 Å². The molecule has 0 bridgehead atoms. The van der Waals surface area contributed by atoms with E-state index < -0.39 is 5.60 Å². The Morgan fingerprint density at radius 3 is 2.72 bits per heavy atom. The van der Waals surface area contributed by atoms with Crippen LogP contribution in [0.4, 0.5) is 10.5 Å². The van der Waals surface area contributed by atoms with Gasteiger partial charge in [-0.15, -0.1) is 0 Å². The van der Waals surface area contributed by atoms with E-state index in [1.54, 1.807) is 11.2 Å². The molecule has 0 aromatic heterocycles. The lowest BCUT2D eigenvalue weighted by Crippen LogP contribution is -2.50. The Hall–Kier alpha value is -2.67. The molecular weight excluding hydrogens is 410 g/mol. The van der Waals surface area contributed by atoms with Gasteiger partial charge in [-0.05, 0) is 50.8 Å². The van der Waals surface area contributed by atoms with Crippen LogP contribution in [0, 0.1) is 17.4 Å². The van der Waals surface area contributed by atoms with Crippen LogP contribution < -0.4 is 10.6 Å². The Morgan fingerprint density at radius 2 is 2.09 bits per heavy atom. The number of nitrogens with zero attached hydrogens (tertiary/aromatic N) is 3. The van der Waals surface area contributed by atoms with E-state index in [2.05, 4.69) is 20.4 Å². The molecule has 4 N–H and O–H groups in total. The van der Waals surface area contributed by atoms with Crippen molar-refractivity contribution < 1.29 is 19.7 Å². The third-order valence-electron chi connectivity index (χ3n) is 5.77. The first kappa shape index (κ1) is 25.6. The monoisotopic (exact) mass is 445 g/mol. The van der Waals surface area contributed by atoms with Gasteiger partial charge < -0.3 is 25.2 Å². The second-order valence-electron chi connectivity index (χ2n) is 8.39. The van der Waals surface area contributed by atoms with Gasteiger partial charge >= 0.3 is 6.03 Å². The minimum absolute atomic E-state index is 0.118. The zero-order valence-corrected chi connectivity index (χ0v) is 19.0. The number of aliphatic hydroxyl groups excluding tert-OH is 1. The van der Waals surface area contributed by atoms with Crippen LogP contribution in [0.2, 0.25) is 0 Å². The number of hydrogen-bond acceptors (Lipinski definition) is 7. The molecule has 3 aliphatic rings. The first-order valence-electron chi connectivity index (χ1n) is 11.1. The summed E-state index contributed by atoms with van der Waals surface area (Å²) in [5.74, 6) is 1.25. The van der Waals surface area contributed by atoms with E-state index in [1.165, 1.54) is 12.8 Å². The number of carbonyl (C=O) groups excluding carboxylic acids is 1. The number of amidine groups is 1. The molecule has 1 unspecified atom stereocenters. The molecule has 1 aromatic rings. The SMILES string of the molecule is CC1(O)CCN(C(=O)NC2=Nc3ccccc3C2)CC1.CO.N#COCC1CCCNC1. The molecule has 3 aliphatic heterocycles. The molecule has 32 heavy (non-hydrogen) atoms. The number of aliphatic imine (C=N–C) groups is 1. The van der Waals surface area contributed by atoms with Crippen LogP contribution in [0.1, 0.15) is 38.2 Å². The number of hydrogen-bond donors (Lipinski definition) is 4. The summed E-state index contributed by atoms with van der Waals surface area (Å²) in [5.41, 5.74) is 1.44. The lowest BCUT2D eigenvalue weighted by molar-refractivity contribution is 0.00483. The van der Waals surface area contributed by atoms with Crippen LogP contribution in [-0.2, 0) is 11.2 Å². The zero-order chi connectivity index (χ0) is 23.4. The molecule has 176 valence electrons. The highest BCUT2D eigenvalue weighted by Gasteiger charge is 2.30. The smallest absolute Gasteiger partial charge is 0.322 e. The van der Waals surface area contributed by atoms with Gasteiger partial charge in [0, 0.05) is 39.1 Å². The molecule has 4 rings (SSSR count). The molecule has 9 heteroatoms. The molecule has 2 saturated heterocycles. The number of carbonyl (C=O) groups is 1. The Balaban J connectivity index is 0.000000255. The van der Waals surface area contributed by atoms with E-state index >= 15 is 0 Å². The summed E-state index contributed by atoms with van der Waals surface area (Å²) >= 11 is 0. The minimum Gasteiger partial charge on any atom is -0.427 e. The average Bonchev–Trinajstić information content (AvgIpc) is 3.22. The number of aliphatic hydroxyl groups is 2. The average molecular weight is 446 g/mol. The van der Waals surface area contributed by atoms with Crippen molar-refractivity contribution in [1.82, 2.24) is 15.5 Å². The summed E-state index contributed by atoms with van der Waals surface area (Å²) in [6.45, 7) is 5.69. The van der Waals surface area contributed by atoms with Gasteiger partial charge in [0.05, 0.1) is 11.3 Å². The summed E-state index contributed by atoms with van der Waals surface area (Å²) < 4.78 is 4.64. The lowest BCUT2D eigenvalue weighted by atomic mass is 9.94. The number of piperidine rings is 2. The molecule has 3 heterocycles. The number of rotatable bonds is 2.